The molecule has 152 valence electrons. The lowest BCUT2D eigenvalue weighted by Gasteiger charge is -2.18. The van der Waals surface area contributed by atoms with E-state index in [1.54, 1.807) is 30.3 Å². The van der Waals surface area contributed by atoms with Gasteiger partial charge in [-0.3, -0.25) is 4.79 Å². The van der Waals surface area contributed by atoms with Crippen molar-refractivity contribution in [2.24, 2.45) is 0 Å². The van der Waals surface area contributed by atoms with Gasteiger partial charge in [-0.25, -0.2) is 4.98 Å². The minimum atomic E-state index is -0.344. The van der Waals surface area contributed by atoms with Crippen molar-refractivity contribution in [2.75, 3.05) is 5.32 Å². The van der Waals surface area contributed by atoms with Crippen molar-refractivity contribution in [1.82, 2.24) is 4.98 Å². The molecule has 3 aromatic carbocycles. The predicted molar refractivity (Wildman–Crippen MR) is 123 cm³/mol. The highest BCUT2D eigenvalue weighted by atomic mass is 35.5. The van der Waals surface area contributed by atoms with E-state index in [2.05, 4.69) is 43.2 Å². The molecule has 0 radical (unpaired) electrons. The third-order valence-corrected chi connectivity index (χ3v) is 5.38. The Labute approximate surface area is 184 Å². The molecule has 1 amide bonds. The van der Waals surface area contributed by atoms with Crippen LogP contribution in [0.5, 0.6) is 0 Å². The average molecular weight is 439 g/mol. The summed E-state index contributed by atoms with van der Waals surface area (Å²) in [5, 5.41) is 3.60. The Bertz CT molecular complexity index is 1240. The van der Waals surface area contributed by atoms with Crippen molar-refractivity contribution in [3.63, 3.8) is 0 Å². The van der Waals surface area contributed by atoms with Crippen molar-refractivity contribution in [2.45, 2.75) is 26.2 Å². The molecule has 0 fully saturated rings. The van der Waals surface area contributed by atoms with Gasteiger partial charge in [0.05, 0.1) is 10.6 Å². The summed E-state index contributed by atoms with van der Waals surface area (Å²) in [6.07, 6.45) is 0. The Morgan fingerprint density at radius 2 is 1.70 bits per heavy atom. The van der Waals surface area contributed by atoms with E-state index in [0.717, 1.165) is 5.56 Å². The summed E-state index contributed by atoms with van der Waals surface area (Å²) in [4.78, 5) is 17.1. The van der Waals surface area contributed by atoms with E-state index in [9.17, 15) is 4.79 Å². The van der Waals surface area contributed by atoms with Gasteiger partial charge in [0.1, 0.15) is 5.52 Å². The van der Waals surface area contributed by atoms with Gasteiger partial charge in [-0.1, -0.05) is 56.1 Å². The van der Waals surface area contributed by atoms with Gasteiger partial charge >= 0.3 is 0 Å². The molecule has 0 atom stereocenters. The van der Waals surface area contributed by atoms with E-state index in [-0.39, 0.29) is 11.3 Å². The third kappa shape index (κ3) is 4.20. The van der Waals surface area contributed by atoms with Crippen molar-refractivity contribution in [3.05, 3.63) is 81.8 Å². The molecule has 0 aliphatic carbocycles. The monoisotopic (exact) mass is 438 g/mol. The molecule has 0 saturated carbocycles. The molecule has 0 saturated heterocycles. The van der Waals surface area contributed by atoms with Gasteiger partial charge in [0.25, 0.3) is 5.91 Å². The van der Waals surface area contributed by atoms with Gasteiger partial charge in [-0.2, -0.15) is 0 Å². The number of benzene rings is 3. The first kappa shape index (κ1) is 20.5. The fraction of sp³-hybridized carbons (Fsp3) is 0.167. The highest BCUT2D eigenvalue weighted by Gasteiger charge is 2.16. The fourth-order valence-electron chi connectivity index (χ4n) is 3.11. The number of hydrogen-bond acceptors (Lipinski definition) is 3. The van der Waals surface area contributed by atoms with E-state index in [4.69, 9.17) is 27.6 Å². The third-order valence-electron chi connectivity index (χ3n) is 4.82. The standard InChI is InChI=1S/C24H20Cl2N2O2/c1-24(2,3)15-6-4-14(5-7-15)23-28-20-13-17(9-11-21(20)30-23)27-22(29)18-12-16(25)8-10-19(18)26/h4-13H,1-3H3,(H,27,29). The lowest BCUT2D eigenvalue weighted by Crippen LogP contribution is -2.12. The van der Waals surface area contributed by atoms with Crippen LogP contribution >= 0.6 is 23.2 Å². The summed E-state index contributed by atoms with van der Waals surface area (Å²) in [6, 6.07) is 18.3. The van der Waals surface area contributed by atoms with Gasteiger partial charge < -0.3 is 9.73 Å². The van der Waals surface area contributed by atoms with Crippen LogP contribution in [0.25, 0.3) is 22.6 Å². The first-order valence-corrected chi connectivity index (χ1v) is 10.2. The van der Waals surface area contributed by atoms with E-state index in [1.807, 2.05) is 12.1 Å². The zero-order valence-corrected chi connectivity index (χ0v) is 18.3. The second-order valence-electron chi connectivity index (χ2n) is 8.11. The number of amides is 1. The van der Waals surface area contributed by atoms with E-state index in [1.165, 1.54) is 11.6 Å². The molecule has 4 rings (SSSR count). The Morgan fingerprint density at radius 3 is 2.40 bits per heavy atom. The van der Waals surface area contributed by atoms with Crippen LogP contribution in [0, 0.1) is 0 Å². The van der Waals surface area contributed by atoms with Gasteiger partial charge in [0.15, 0.2) is 5.58 Å². The number of rotatable bonds is 3. The van der Waals surface area contributed by atoms with Crippen molar-refractivity contribution >= 4 is 45.9 Å². The summed E-state index contributed by atoms with van der Waals surface area (Å²) in [5.41, 5.74) is 4.42. The maximum absolute atomic E-state index is 12.6. The Morgan fingerprint density at radius 1 is 0.967 bits per heavy atom. The summed E-state index contributed by atoms with van der Waals surface area (Å²) >= 11 is 12.1. The second-order valence-corrected chi connectivity index (χ2v) is 8.95. The first-order valence-electron chi connectivity index (χ1n) is 9.48. The molecule has 0 aliphatic rings. The summed E-state index contributed by atoms with van der Waals surface area (Å²) in [5.74, 6) is 0.190. The molecule has 0 spiro atoms. The normalized spacial score (nSPS) is 11.6. The molecule has 0 bridgehead atoms. The van der Waals surface area contributed by atoms with Crippen LogP contribution in [0.2, 0.25) is 10.0 Å². The van der Waals surface area contributed by atoms with Crippen LogP contribution in [-0.2, 0) is 5.41 Å². The highest BCUT2D eigenvalue weighted by Crippen LogP contribution is 2.29. The van der Waals surface area contributed by atoms with Crippen LogP contribution in [0.1, 0.15) is 36.7 Å². The molecular formula is C24H20Cl2N2O2. The second kappa shape index (κ2) is 7.78. The number of anilines is 1. The van der Waals surface area contributed by atoms with Gasteiger partial charge in [-0.15, -0.1) is 0 Å². The minimum Gasteiger partial charge on any atom is -0.436 e. The number of hydrogen-bond donors (Lipinski definition) is 1. The number of carbonyl (C=O) groups is 1. The van der Waals surface area contributed by atoms with Crippen LogP contribution in [0.15, 0.2) is 65.1 Å². The Balaban J connectivity index is 1.59. The molecule has 1 aromatic heterocycles. The number of nitrogens with one attached hydrogen (secondary N) is 1. The summed E-state index contributed by atoms with van der Waals surface area (Å²) in [7, 11) is 0. The number of halogens is 2. The number of carbonyl (C=O) groups excluding carboxylic acids is 1. The summed E-state index contributed by atoms with van der Waals surface area (Å²) in [6.45, 7) is 6.52. The molecule has 6 heteroatoms. The van der Waals surface area contributed by atoms with Crippen LogP contribution in [0.3, 0.4) is 0 Å². The zero-order valence-electron chi connectivity index (χ0n) is 16.8. The lowest BCUT2D eigenvalue weighted by atomic mass is 9.87. The van der Waals surface area contributed by atoms with E-state index in [0.29, 0.717) is 38.3 Å². The fourth-order valence-corrected chi connectivity index (χ4v) is 3.49. The van der Waals surface area contributed by atoms with Crippen LogP contribution < -0.4 is 5.32 Å². The van der Waals surface area contributed by atoms with Gasteiger partial charge in [0, 0.05) is 16.3 Å². The number of oxazole rings is 1. The summed E-state index contributed by atoms with van der Waals surface area (Å²) < 4.78 is 5.90. The highest BCUT2D eigenvalue weighted by molar-refractivity contribution is 6.36. The minimum absolute atomic E-state index is 0.0822. The molecular weight excluding hydrogens is 419 g/mol. The molecule has 1 N–H and O–H groups in total. The molecule has 0 aliphatic heterocycles. The quantitative estimate of drug-likeness (QED) is 0.363. The number of aromatic nitrogens is 1. The van der Waals surface area contributed by atoms with E-state index >= 15 is 0 Å². The molecule has 0 unspecified atom stereocenters. The molecule has 4 nitrogen and oxygen atoms in total. The topological polar surface area (TPSA) is 55.1 Å². The molecule has 4 aromatic rings. The molecule has 30 heavy (non-hydrogen) atoms. The van der Waals surface area contributed by atoms with Crippen LogP contribution in [0.4, 0.5) is 5.69 Å². The number of nitrogens with zero attached hydrogens (tertiary/aromatic N) is 1. The largest absolute Gasteiger partial charge is 0.436 e. The zero-order chi connectivity index (χ0) is 21.5. The predicted octanol–water partition coefficient (Wildman–Crippen LogP) is 7.35. The van der Waals surface area contributed by atoms with Gasteiger partial charge in [0.2, 0.25) is 5.89 Å². The van der Waals surface area contributed by atoms with Crippen LogP contribution in [-0.4, -0.2) is 10.9 Å². The SMILES string of the molecule is CC(C)(C)c1ccc(-c2nc3cc(NC(=O)c4cc(Cl)ccc4Cl)ccc3o2)cc1. The number of fused-ring (bicyclic) bond motifs is 1. The van der Waals surface area contributed by atoms with Crippen molar-refractivity contribution in [1.29, 1.82) is 0 Å². The Hall–Kier alpha value is -2.82. The van der Waals surface area contributed by atoms with Crippen molar-refractivity contribution < 1.29 is 9.21 Å². The Kier molecular flexibility index (Phi) is 5.31. The maximum atomic E-state index is 12.6. The maximum Gasteiger partial charge on any atom is 0.257 e. The molecule has 1 heterocycles. The van der Waals surface area contributed by atoms with Crippen molar-refractivity contribution in [3.8, 4) is 11.5 Å². The van der Waals surface area contributed by atoms with Gasteiger partial charge in [-0.05, 0) is 59.5 Å². The van der Waals surface area contributed by atoms with E-state index < -0.39 is 0 Å². The lowest BCUT2D eigenvalue weighted by molar-refractivity contribution is 0.102. The average Bonchev–Trinajstić information content (AvgIpc) is 3.12. The first-order chi connectivity index (χ1) is 14.2. The smallest absolute Gasteiger partial charge is 0.257 e.